The zero-order valence-corrected chi connectivity index (χ0v) is 17.6. The Bertz CT molecular complexity index is 1080. The van der Waals surface area contributed by atoms with Crippen LogP contribution in [0.1, 0.15) is 5.56 Å². The Morgan fingerprint density at radius 3 is 2.39 bits per heavy atom. The van der Waals surface area contributed by atoms with Gasteiger partial charge in [-0.1, -0.05) is 34.1 Å². The van der Waals surface area contributed by atoms with Crippen LogP contribution in [0.25, 0.3) is 6.08 Å². The van der Waals surface area contributed by atoms with Crippen LogP contribution in [0.3, 0.4) is 0 Å². The second-order valence-electron chi connectivity index (χ2n) is 5.67. The Morgan fingerprint density at radius 1 is 1.14 bits per heavy atom. The molecule has 0 unspecified atom stereocenters. The van der Waals surface area contributed by atoms with Crippen molar-refractivity contribution in [2.45, 2.75) is 4.90 Å². The highest BCUT2D eigenvalue weighted by atomic mass is 79.9. The highest BCUT2D eigenvalue weighted by molar-refractivity contribution is 9.10. The maximum Gasteiger partial charge on any atom is 0.284 e. The van der Waals surface area contributed by atoms with Crippen LogP contribution in [0.15, 0.2) is 79.9 Å². The maximum absolute atomic E-state index is 13.1. The van der Waals surface area contributed by atoms with Gasteiger partial charge >= 0.3 is 0 Å². The summed E-state index contributed by atoms with van der Waals surface area (Å²) in [6.45, 7) is 3.71. The largest absolute Gasteiger partial charge is 0.284 e. The minimum atomic E-state index is -4.10. The van der Waals surface area contributed by atoms with E-state index in [4.69, 9.17) is 0 Å². The number of nitrogens with zero attached hydrogens (tertiary/aromatic N) is 2. The smallest absolute Gasteiger partial charge is 0.282 e. The van der Waals surface area contributed by atoms with E-state index in [1.54, 1.807) is 6.08 Å². The van der Waals surface area contributed by atoms with Crippen LogP contribution in [-0.4, -0.2) is 30.9 Å². The normalized spacial score (nSPS) is 17.5. The fourth-order valence-corrected chi connectivity index (χ4v) is 4.79. The van der Waals surface area contributed by atoms with Crippen LogP contribution in [-0.2, 0) is 14.8 Å². The lowest BCUT2D eigenvalue weighted by Gasteiger charge is -2.12. The minimum Gasteiger partial charge on any atom is -0.282 e. The summed E-state index contributed by atoms with van der Waals surface area (Å²) < 4.78 is 42.9. The molecule has 0 aliphatic carbocycles. The SMILES string of the molecule is C=CCN1C(=O)/C(=C/c2ccc(Br)cc2)S/C1=N/S(=O)(=O)c1ccc(F)cc1. The first-order valence-corrected chi connectivity index (χ1v) is 11.0. The summed E-state index contributed by atoms with van der Waals surface area (Å²) >= 11 is 4.31. The van der Waals surface area contributed by atoms with Gasteiger partial charge in [0, 0.05) is 11.0 Å². The van der Waals surface area contributed by atoms with Gasteiger partial charge in [0.15, 0.2) is 5.17 Å². The van der Waals surface area contributed by atoms with Gasteiger partial charge in [0.25, 0.3) is 15.9 Å². The molecule has 0 spiro atoms. The molecule has 5 nitrogen and oxygen atoms in total. The number of amidine groups is 1. The first-order chi connectivity index (χ1) is 13.3. The van der Waals surface area contributed by atoms with E-state index >= 15 is 0 Å². The van der Waals surface area contributed by atoms with Crippen molar-refractivity contribution in [2.24, 2.45) is 4.40 Å². The Balaban J connectivity index is 1.98. The molecule has 1 fully saturated rings. The number of rotatable bonds is 5. The lowest BCUT2D eigenvalue weighted by atomic mass is 10.2. The lowest BCUT2D eigenvalue weighted by Crippen LogP contribution is -2.29. The summed E-state index contributed by atoms with van der Waals surface area (Å²) in [5.74, 6) is -0.911. The Hall–Kier alpha value is -2.23. The van der Waals surface area contributed by atoms with E-state index in [9.17, 15) is 17.6 Å². The molecule has 1 amide bonds. The molecule has 1 heterocycles. The molecule has 0 N–H and O–H groups in total. The third kappa shape index (κ3) is 4.60. The van der Waals surface area contributed by atoms with E-state index in [1.807, 2.05) is 24.3 Å². The highest BCUT2D eigenvalue weighted by Gasteiger charge is 2.34. The van der Waals surface area contributed by atoms with Gasteiger partial charge in [0.1, 0.15) is 5.82 Å². The number of carbonyl (C=O) groups is 1. The van der Waals surface area contributed by atoms with Crippen LogP contribution in [0.2, 0.25) is 0 Å². The van der Waals surface area contributed by atoms with E-state index in [1.165, 1.54) is 11.0 Å². The standard InChI is InChI=1S/C19H14BrFN2O3S2/c1-2-11-23-18(24)17(12-13-3-5-14(20)6-4-13)27-19(23)22-28(25,26)16-9-7-15(21)8-10-16/h2-10,12H,1,11H2/b17-12-,22-19+. The van der Waals surface area contributed by atoms with Crippen molar-refractivity contribution in [1.82, 2.24) is 4.90 Å². The van der Waals surface area contributed by atoms with Gasteiger partial charge in [-0.2, -0.15) is 8.42 Å². The minimum absolute atomic E-state index is 0.0255. The summed E-state index contributed by atoms with van der Waals surface area (Å²) in [6.07, 6.45) is 3.16. The molecule has 0 aromatic heterocycles. The molecule has 28 heavy (non-hydrogen) atoms. The molecule has 0 bridgehead atoms. The Labute approximate surface area is 174 Å². The lowest BCUT2D eigenvalue weighted by molar-refractivity contribution is -0.121. The Morgan fingerprint density at radius 2 is 1.79 bits per heavy atom. The molecule has 2 aromatic carbocycles. The van der Waals surface area contributed by atoms with Crippen molar-refractivity contribution in [3.8, 4) is 0 Å². The summed E-state index contributed by atoms with van der Waals surface area (Å²) in [7, 11) is -4.10. The van der Waals surface area contributed by atoms with Gasteiger partial charge in [0.05, 0.1) is 9.80 Å². The van der Waals surface area contributed by atoms with Gasteiger partial charge in [-0.3, -0.25) is 9.69 Å². The van der Waals surface area contributed by atoms with Crippen LogP contribution in [0, 0.1) is 5.82 Å². The third-order valence-electron chi connectivity index (χ3n) is 3.68. The third-order valence-corrected chi connectivity index (χ3v) is 6.61. The Kier molecular flexibility index (Phi) is 6.17. The molecule has 1 aliphatic heterocycles. The number of thioether (sulfide) groups is 1. The number of halogens is 2. The second kappa shape index (κ2) is 8.42. The van der Waals surface area contributed by atoms with Gasteiger partial charge in [-0.05, 0) is 59.8 Å². The molecule has 1 aliphatic rings. The summed E-state index contributed by atoms with van der Waals surface area (Å²) in [5.41, 5.74) is 0.792. The number of benzene rings is 2. The zero-order chi connectivity index (χ0) is 20.3. The predicted octanol–water partition coefficient (Wildman–Crippen LogP) is 4.44. The quantitative estimate of drug-likeness (QED) is 0.468. The summed E-state index contributed by atoms with van der Waals surface area (Å²) in [4.78, 5) is 14.1. The molecule has 1 saturated heterocycles. The molecule has 144 valence electrons. The van der Waals surface area contributed by atoms with E-state index in [2.05, 4.69) is 26.9 Å². The fraction of sp³-hybridized carbons (Fsp3) is 0.0526. The van der Waals surface area contributed by atoms with Crippen molar-refractivity contribution in [1.29, 1.82) is 0 Å². The first-order valence-electron chi connectivity index (χ1n) is 7.98. The van der Waals surface area contributed by atoms with Crippen molar-refractivity contribution in [3.05, 3.63) is 81.9 Å². The van der Waals surface area contributed by atoms with Gasteiger partial charge < -0.3 is 0 Å². The predicted molar refractivity (Wildman–Crippen MR) is 113 cm³/mol. The monoisotopic (exact) mass is 480 g/mol. The van der Waals surface area contributed by atoms with Crippen LogP contribution in [0.5, 0.6) is 0 Å². The average molecular weight is 481 g/mol. The van der Waals surface area contributed by atoms with Gasteiger partial charge in [-0.15, -0.1) is 11.0 Å². The molecule has 2 aromatic rings. The number of hydrogen-bond donors (Lipinski definition) is 0. The van der Waals surface area contributed by atoms with E-state index in [0.29, 0.717) is 4.91 Å². The van der Waals surface area contributed by atoms with Gasteiger partial charge in [-0.25, -0.2) is 4.39 Å². The van der Waals surface area contributed by atoms with Crippen molar-refractivity contribution >= 4 is 54.9 Å². The molecule has 0 atom stereocenters. The van der Waals surface area contributed by atoms with Crippen molar-refractivity contribution < 1.29 is 17.6 Å². The number of carbonyl (C=O) groups excluding carboxylic acids is 1. The molecular formula is C19H14BrFN2O3S2. The van der Waals surface area contributed by atoms with E-state index in [-0.39, 0.29) is 22.5 Å². The van der Waals surface area contributed by atoms with Crippen LogP contribution in [0.4, 0.5) is 4.39 Å². The fourth-order valence-electron chi connectivity index (χ4n) is 2.34. The summed E-state index contributed by atoms with van der Waals surface area (Å²) in [6, 6.07) is 11.7. The van der Waals surface area contributed by atoms with E-state index in [0.717, 1.165) is 46.1 Å². The number of sulfonamides is 1. The molecule has 0 saturated carbocycles. The summed E-state index contributed by atoms with van der Waals surface area (Å²) in [5, 5.41) is 0.0255. The highest BCUT2D eigenvalue weighted by Crippen LogP contribution is 2.33. The molecular weight excluding hydrogens is 467 g/mol. The van der Waals surface area contributed by atoms with Crippen LogP contribution >= 0.6 is 27.7 Å². The van der Waals surface area contributed by atoms with E-state index < -0.39 is 15.8 Å². The van der Waals surface area contributed by atoms with Crippen molar-refractivity contribution in [3.63, 3.8) is 0 Å². The average Bonchev–Trinajstić information content (AvgIpc) is 2.92. The topological polar surface area (TPSA) is 66.8 Å². The molecule has 3 rings (SSSR count). The zero-order valence-electron chi connectivity index (χ0n) is 14.4. The first kappa shape index (κ1) is 20.5. The molecule has 0 radical (unpaired) electrons. The van der Waals surface area contributed by atoms with Crippen LogP contribution < -0.4 is 0 Å². The number of hydrogen-bond acceptors (Lipinski definition) is 4. The van der Waals surface area contributed by atoms with Gasteiger partial charge in [0.2, 0.25) is 0 Å². The second-order valence-corrected chi connectivity index (χ2v) is 9.20. The number of amides is 1. The maximum atomic E-state index is 13.1. The molecule has 9 heteroatoms. The van der Waals surface area contributed by atoms with Crippen molar-refractivity contribution in [2.75, 3.05) is 6.54 Å².